The molecule has 0 saturated heterocycles. The maximum absolute atomic E-state index is 6.18. The van der Waals surface area contributed by atoms with Crippen LogP contribution in [-0.4, -0.2) is 0 Å². The lowest BCUT2D eigenvalue weighted by Crippen LogP contribution is -2.20. The van der Waals surface area contributed by atoms with E-state index in [9.17, 15) is 0 Å². The zero-order chi connectivity index (χ0) is 14.5. The van der Waals surface area contributed by atoms with E-state index in [4.69, 9.17) is 23.2 Å². The SMILES string of the molecule is CCC(NCc1cc(Cl)ccc1Cl)c1ccc(Br)cc1. The van der Waals surface area contributed by atoms with Crippen LogP contribution in [0.5, 0.6) is 0 Å². The fourth-order valence-electron chi connectivity index (χ4n) is 2.10. The van der Waals surface area contributed by atoms with E-state index < -0.39 is 0 Å². The van der Waals surface area contributed by atoms with E-state index in [-0.39, 0.29) is 0 Å². The maximum atomic E-state index is 6.18. The molecule has 1 unspecified atom stereocenters. The molecule has 0 aliphatic rings. The second kappa shape index (κ2) is 7.46. The molecule has 2 aromatic carbocycles. The molecule has 1 atom stereocenters. The predicted octanol–water partition coefficient (Wildman–Crippen LogP) is 6.00. The summed E-state index contributed by atoms with van der Waals surface area (Å²) in [6.45, 7) is 2.87. The average molecular weight is 373 g/mol. The first kappa shape index (κ1) is 15.8. The van der Waals surface area contributed by atoms with Gasteiger partial charge in [-0.2, -0.15) is 0 Å². The second-order valence-electron chi connectivity index (χ2n) is 4.63. The molecule has 0 amide bonds. The van der Waals surface area contributed by atoms with E-state index in [0.29, 0.717) is 17.6 Å². The molecule has 1 nitrogen and oxygen atoms in total. The van der Waals surface area contributed by atoms with Crippen LogP contribution in [0.15, 0.2) is 46.9 Å². The van der Waals surface area contributed by atoms with Gasteiger partial charge in [0.2, 0.25) is 0 Å². The summed E-state index contributed by atoms with van der Waals surface area (Å²) in [6.07, 6.45) is 1.01. The van der Waals surface area contributed by atoms with E-state index in [1.807, 2.05) is 12.1 Å². The zero-order valence-electron chi connectivity index (χ0n) is 11.2. The number of hydrogen-bond acceptors (Lipinski definition) is 1. The van der Waals surface area contributed by atoms with Crippen molar-refractivity contribution in [2.45, 2.75) is 25.9 Å². The van der Waals surface area contributed by atoms with Crippen LogP contribution < -0.4 is 5.32 Å². The highest BCUT2D eigenvalue weighted by atomic mass is 79.9. The van der Waals surface area contributed by atoms with Crippen molar-refractivity contribution >= 4 is 39.1 Å². The molecule has 106 valence electrons. The molecule has 2 rings (SSSR count). The molecule has 0 aliphatic heterocycles. The third kappa shape index (κ3) is 4.23. The Morgan fingerprint density at radius 2 is 1.80 bits per heavy atom. The summed E-state index contributed by atoms with van der Waals surface area (Å²) >= 11 is 15.7. The smallest absolute Gasteiger partial charge is 0.0451 e. The second-order valence-corrected chi connectivity index (χ2v) is 6.39. The first-order chi connectivity index (χ1) is 9.60. The number of benzene rings is 2. The highest BCUT2D eigenvalue weighted by Crippen LogP contribution is 2.23. The first-order valence-corrected chi connectivity index (χ1v) is 8.08. The Kier molecular flexibility index (Phi) is 5.91. The third-order valence-corrected chi connectivity index (χ3v) is 4.36. The van der Waals surface area contributed by atoms with Gasteiger partial charge in [-0.05, 0) is 47.9 Å². The summed E-state index contributed by atoms with van der Waals surface area (Å²) in [5, 5.41) is 4.99. The van der Waals surface area contributed by atoms with E-state index in [0.717, 1.165) is 21.5 Å². The minimum Gasteiger partial charge on any atom is -0.306 e. The molecule has 2 aromatic rings. The summed E-state index contributed by atoms with van der Waals surface area (Å²) in [7, 11) is 0. The van der Waals surface area contributed by atoms with Gasteiger partial charge in [0.25, 0.3) is 0 Å². The third-order valence-electron chi connectivity index (χ3n) is 3.23. The van der Waals surface area contributed by atoms with Crippen molar-refractivity contribution in [1.82, 2.24) is 5.32 Å². The Labute approximate surface area is 138 Å². The molecule has 0 saturated carbocycles. The Balaban J connectivity index is 2.07. The van der Waals surface area contributed by atoms with Gasteiger partial charge < -0.3 is 5.32 Å². The van der Waals surface area contributed by atoms with Crippen LogP contribution in [0.4, 0.5) is 0 Å². The van der Waals surface area contributed by atoms with Gasteiger partial charge in [-0.3, -0.25) is 0 Å². The van der Waals surface area contributed by atoms with Gasteiger partial charge >= 0.3 is 0 Å². The fraction of sp³-hybridized carbons (Fsp3) is 0.250. The van der Waals surface area contributed by atoms with Crippen molar-refractivity contribution in [2.75, 3.05) is 0 Å². The number of rotatable bonds is 5. The monoisotopic (exact) mass is 371 g/mol. The van der Waals surface area contributed by atoms with Gasteiger partial charge in [0.05, 0.1) is 0 Å². The number of nitrogens with one attached hydrogen (secondary N) is 1. The van der Waals surface area contributed by atoms with E-state index in [1.54, 1.807) is 6.07 Å². The Hall–Kier alpha value is -0.540. The van der Waals surface area contributed by atoms with Gasteiger partial charge in [-0.15, -0.1) is 0 Å². The highest BCUT2D eigenvalue weighted by molar-refractivity contribution is 9.10. The van der Waals surface area contributed by atoms with Crippen LogP contribution in [0.1, 0.15) is 30.5 Å². The van der Waals surface area contributed by atoms with Crippen LogP contribution >= 0.6 is 39.1 Å². The lowest BCUT2D eigenvalue weighted by molar-refractivity contribution is 0.519. The van der Waals surface area contributed by atoms with Crippen LogP contribution in [0.3, 0.4) is 0 Å². The quantitative estimate of drug-likeness (QED) is 0.678. The molecular weight excluding hydrogens is 357 g/mol. The normalized spacial score (nSPS) is 12.4. The fourth-order valence-corrected chi connectivity index (χ4v) is 2.75. The lowest BCUT2D eigenvalue weighted by Gasteiger charge is -2.18. The van der Waals surface area contributed by atoms with Gasteiger partial charge in [0.15, 0.2) is 0 Å². The summed E-state index contributed by atoms with van der Waals surface area (Å²) in [6, 6.07) is 14.2. The van der Waals surface area contributed by atoms with Crippen molar-refractivity contribution in [3.8, 4) is 0 Å². The largest absolute Gasteiger partial charge is 0.306 e. The van der Waals surface area contributed by atoms with Gasteiger partial charge in [-0.1, -0.05) is 58.2 Å². The minimum atomic E-state index is 0.304. The average Bonchev–Trinajstić information content (AvgIpc) is 2.45. The molecule has 20 heavy (non-hydrogen) atoms. The first-order valence-electron chi connectivity index (χ1n) is 6.53. The standard InChI is InChI=1S/C16H16BrCl2N/c1-2-16(11-3-5-13(17)6-4-11)20-10-12-9-14(18)7-8-15(12)19/h3-9,16,20H,2,10H2,1H3. The molecule has 4 heteroatoms. The Morgan fingerprint density at radius 1 is 1.10 bits per heavy atom. The molecule has 0 aliphatic carbocycles. The van der Waals surface area contributed by atoms with E-state index in [2.05, 4.69) is 52.4 Å². The van der Waals surface area contributed by atoms with E-state index in [1.165, 1.54) is 5.56 Å². The molecule has 1 N–H and O–H groups in total. The van der Waals surface area contributed by atoms with Gasteiger partial charge in [-0.25, -0.2) is 0 Å². The van der Waals surface area contributed by atoms with Crippen molar-refractivity contribution < 1.29 is 0 Å². The maximum Gasteiger partial charge on any atom is 0.0451 e. The molecule has 0 heterocycles. The Bertz CT molecular complexity index is 569. The summed E-state index contributed by atoms with van der Waals surface area (Å²) in [5.74, 6) is 0. The zero-order valence-corrected chi connectivity index (χ0v) is 14.3. The van der Waals surface area contributed by atoms with Gasteiger partial charge in [0.1, 0.15) is 0 Å². The molecule has 0 radical (unpaired) electrons. The number of hydrogen-bond donors (Lipinski definition) is 1. The van der Waals surface area contributed by atoms with Crippen molar-refractivity contribution in [2.24, 2.45) is 0 Å². The van der Waals surface area contributed by atoms with Crippen LogP contribution in [0, 0.1) is 0 Å². The summed E-state index contributed by atoms with van der Waals surface area (Å²) in [5.41, 5.74) is 2.29. The van der Waals surface area contributed by atoms with Crippen molar-refractivity contribution in [3.05, 3.63) is 68.1 Å². The van der Waals surface area contributed by atoms with Crippen LogP contribution in [0.2, 0.25) is 10.0 Å². The molecule has 0 fully saturated rings. The van der Waals surface area contributed by atoms with Crippen molar-refractivity contribution in [1.29, 1.82) is 0 Å². The van der Waals surface area contributed by atoms with E-state index >= 15 is 0 Å². The summed E-state index contributed by atoms with van der Waals surface area (Å²) in [4.78, 5) is 0. The minimum absolute atomic E-state index is 0.304. The van der Waals surface area contributed by atoms with Crippen LogP contribution in [0.25, 0.3) is 0 Å². The molecule has 0 bridgehead atoms. The van der Waals surface area contributed by atoms with Gasteiger partial charge in [0, 0.05) is 27.1 Å². The lowest BCUT2D eigenvalue weighted by atomic mass is 10.0. The summed E-state index contributed by atoms with van der Waals surface area (Å²) < 4.78 is 1.09. The predicted molar refractivity (Wildman–Crippen MR) is 90.5 cm³/mol. The molecular formula is C16H16BrCl2N. The number of halogens is 3. The Morgan fingerprint density at radius 3 is 2.45 bits per heavy atom. The topological polar surface area (TPSA) is 12.0 Å². The molecule has 0 spiro atoms. The highest BCUT2D eigenvalue weighted by Gasteiger charge is 2.10. The van der Waals surface area contributed by atoms with Crippen LogP contribution in [-0.2, 0) is 6.54 Å². The molecule has 0 aromatic heterocycles. The van der Waals surface area contributed by atoms with Crippen molar-refractivity contribution in [3.63, 3.8) is 0 Å².